The van der Waals surface area contributed by atoms with Crippen LogP contribution in [0.1, 0.15) is 11.6 Å². The maximum absolute atomic E-state index is 13.2. The molecule has 0 aliphatic carbocycles. The third-order valence-electron chi connectivity index (χ3n) is 2.87. The SMILES string of the molecule is O=C(Nc1cnc[nH]1)NC1C(=O)Nc2ccc(F)cc21. The Morgan fingerprint density at radius 3 is 3.00 bits per heavy atom. The third-order valence-corrected chi connectivity index (χ3v) is 2.87. The van der Waals surface area contributed by atoms with Crippen molar-refractivity contribution in [1.82, 2.24) is 15.3 Å². The Hall–Kier alpha value is -2.90. The molecule has 1 atom stereocenters. The van der Waals surface area contributed by atoms with Crippen molar-refractivity contribution in [3.8, 4) is 0 Å². The number of nitrogens with zero attached hydrogens (tertiary/aromatic N) is 1. The number of halogens is 1. The lowest BCUT2D eigenvalue weighted by atomic mass is 10.1. The average molecular weight is 275 g/mol. The predicted molar refractivity (Wildman–Crippen MR) is 68.5 cm³/mol. The van der Waals surface area contributed by atoms with Gasteiger partial charge in [0.1, 0.15) is 17.7 Å². The van der Waals surface area contributed by atoms with Crippen LogP contribution in [-0.4, -0.2) is 21.9 Å². The number of carbonyl (C=O) groups is 2. The predicted octanol–water partition coefficient (Wildman–Crippen LogP) is 1.36. The number of carbonyl (C=O) groups excluding carboxylic acids is 2. The van der Waals surface area contributed by atoms with Crippen molar-refractivity contribution < 1.29 is 14.0 Å². The molecule has 4 N–H and O–H groups in total. The summed E-state index contributed by atoms with van der Waals surface area (Å²) in [5, 5.41) is 7.52. The molecule has 1 aliphatic rings. The Morgan fingerprint density at radius 2 is 2.25 bits per heavy atom. The third kappa shape index (κ3) is 2.18. The van der Waals surface area contributed by atoms with E-state index < -0.39 is 23.8 Å². The fourth-order valence-corrected chi connectivity index (χ4v) is 1.99. The molecule has 2 heterocycles. The van der Waals surface area contributed by atoms with Crippen LogP contribution in [0.4, 0.5) is 20.7 Å². The van der Waals surface area contributed by atoms with Crippen molar-refractivity contribution in [2.45, 2.75) is 6.04 Å². The fourth-order valence-electron chi connectivity index (χ4n) is 1.99. The molecule has 0 saturated carbocycles. The van der Waals surface area contributed by atoms with Crippen LogP contribution in [0.3, 0.4) is 0 Å². The van der Waals surface area contributed by atoms with Crippen molar-refractivity contribution in [3.63, 3.8) is 0 Å². The number of benzene rings is 1. The van der Waals surface area contributed by atoms with E-state index in [1.54, 1.807) is 0 Å². The van der Waals surface area contributed by atoms with Crippen molar-refractivity contribution in [2.75, 3.05) is 10.6 Å². The summed E-state index contributed by atoms with van der Waals surface area (Å²) in [6, 6.07) is 2.40. The second kappa shape index (κ2) is 4.65. The molecule has 1 aromatic carbocycles. The molecule has 1 aromatic heterocycles. The first-order chi connectivity index (χ1) is 9.63. The van der Waals surface area contributed by atoms with E-state index in [0.29, 0.717) is 17.1 Å². The van der Waals surface area contributed by atoms with Crippen LogP contribution in [0.25, 0.3) is 0 Å². The van der Waals surface area contributed by atoms with Crippen LogP contribution >= 0.6 is 0 Å². The van der Waals surface area contributed by atoms with E-state index in [0.717, 1.165) is 0 Å². The Bertz CT molecular complexity index is 670. The molecule has 7 nitrogen and oxygen atoms in total. The number of imidazole rings is 1. The highest BCUT2D eigenvalue weighted by atomic mass is 19.1. The van der Waals surface area contributed by atoms with Gasteiger partial charge in [0.05, 0.1) is 12.5 Å². The summed E-state index contributed by atoms with van der Waals surface area (Å²) in [4.78, 5) is 30.0. The van der Waals surface area contributed by atoms with Gasteiger partial charge in [0.2, 0.25) is 0 Å². The Morgan fingerprint density at radius 1 is 1.40 bits per heavy atom. The first-order valence-electron chi connectivity index (χ1n) is 5.80. The molecule has 20 heavy (non-hydrogen) atoms. The lowest BCUT2D eigenvalue weighted by Crippen LogP contribution is -2.36. The minimum absolute atomic E-state index is 0.389. The van der Waals surface area contributed by atoms with Gasteiger partial charge in [-0.05, 0) is 18.2 Å². The van der Waals surface area contributed by atoms with Gasteiger partial charge in [0.15, 0.2) is 0 Å². The van der Waals surface area contributed by atoms with Crippen molar-refractivity contribution in [2.24, 2.45) is 0 Å². The van der Waals surface area contributed by atoms with Crippen LogP contribution in [0, 0.1) is 5.82 Å². The smallest absolute Gasteiger partial charge is 0.321 e. The Balaban J connectivity index is 1.76. The summed E-state index contributed by atoms with van der Waals surface area (Å²) in [6.45, 7) is 0. The van der Waals surface area contributed by atoms with Gasteiger partial charge in [-0.3, -0.25) is 10.1 Å². The number of aromatic nitrogens is 2. The van der Waals surface area contributed by atoms with Gasteiger partial charge in [-0.15, -0.1) is 0 Å². The molecular formula is C12H10FN5O2. The number of H-pyrrole nitrogens is 1. The zero-order valence-corrected chi connectivity index (χ0v) is 10.1. The molecule has 2 aromatic rings. The van der Waals surface area contributed by atoms with Crippen molar-refractivity contribution >= 4 is 23.4 Å². The van der Waals surface area contributed by atoms with Gasteiger partial charge in [-0.2, -0.15) is 0 Å². The summed E-state index contributed by atoms with van der Waals surface area (Å²) in [5.41, 5.74) is 0.887. The van der Waals surface area contributed by atoms with Gasteiger partial charge in [-0.1, -0.05) is 0 Å². The van der Waals surface area contributed by atoms with Crippen LogP contribution in [0.15, 0.2) is 30.7 Å². The number of hydrogen-bond donors (Lipinski definition) is 4. The van der Waals surface area contributed by atoms with Gasteiger partial charge in [-0.25, -0.2) is 14.2 Å². The van der Waals surface area contributed by atoms with Crippen LogP contribution < -0.4 is 16.0 Å². The maximum Gasteiger partial charge on any atom is 0.321 e. The summed E-state index contributed by atoms with van der Waals surface area (Å²) in [6.07, 6.45) is 2.82. The minimum Gasteiger partial charge on any atom is -0.331 e. The van der Waals surface area contributed by atoms with Gasteiger partial charge >= 0.3 is 6.03 Å². The standard InChI is InChI=1S/C12H10FN5O2/c13-6-1-2-8-7(3-6)10(11(19)16-8)18-12(20)17-9-4-14-5-15-9/h1-5,10H,(H,14,15)(H,16,19)(H2,17,18,20). The highest BCUT2D eigenvalue weighted by molar-refractivity contribution is 6.05. The number of fused-ring (bicyclic) bond motifs is 1. The lowest BCUT2D eigenvalue weighted by molar-refractivity contribution is -0.117. The van der Waals surface area contributed by atoms with Crippen molar-refractivity contribution in [3.05, 3.63) is 42.1 Å². The van der Waals surface area contributed by atoms with Crippen LogP contribution in [0.2, 0.25) is 0 Å². The van der Waals surface area contributed by atoms with E-state index >= 15 is 0 Å². The molecule has 0 bridgehead atoms. The Kier molecular flexibility index (Phi) is 2.82. The molecule has 0 fully saturated rings. The van der Waals surface area contributed by atoms with E-state index in [1.807, 2.05) is 0 Å². The molecule has 3 amide bonds. The van der Waals surface area contributed by atoms with E-state index in [2.05, 4.69) is 25.9 Å². The number of urea groups is 1. The van der Waals surface area contributed by atoms with E-state index in [-0.39, 0.29) is 0 Å². The zero-order valence-electron chi connectivity index (χ0n) is 10.1. The van der Waals surface area contributed by atoms with E-state index in [4.69, 9.17) is 0 Å². The minimum atomic E-state index is -0.927. The second-order valence-electron chi connectivity index (χ2n) is 4.22. The lowest BCUT2D eigenvalue weighted by Gasteiger charge is -2.11. The highest BCUT2D eigenvalue weighted by Crippen LogP contribution is 2.31. The molecule has 3 rings (SSSR count). The molecule has 1 unspecified atom stereocenters. The normalized spacial score (nSPS) is 16.4. The molecular weight excluding hydrogens is 265 g/mol. The quantitative estimate of drug-likeness (QED) is 0.666. The molecule has 0 radical (unpaired) electrons. The number of hydrogen-bond acceptors (Lipinski definition) is 3. The van der Waals surface area contributed by atoms with Gasteiger partial charge in [0.25, 0.3) is 5.91 Å². The van der Waals surface area contributed by atoms with Gasteiger partial charge < -0.3 is 15.6 Å². The highest BCUT2D eigenvalue weighted by Gasteiger charge is 2.32. The molecule has 0 spiro atoms. The van der Waals surface area contributed by atoms with E-state index in [9.17, 15) is 14.0 Å². The first-order valence-corrected chi connectivity index (χ1v) is 5.80. The fraction of sp³-hybridized carbons (Fsp3) is 0.0833. The second-order valence-corrected chi connectivity index (χ2v) is 4.22. The van der Waals surface area contributed by atoms with Gasteiger partial charge in [0, 0.05) is 11.3 Å². The van der Waals surface area contributed by atoms with Crippen molar-refractivity contribution in [1.29, 1.82) is 0 Å². The molecule has 8 heteroatoms. The maximum atomic E-state index is 13.2. The topological polar surface area (TPSA) is 98.9 Å². The Labute approximate surface area is 112 Å². The molecule has 0 saturated heterocycles. The number of rotatable bonds is 2. The average Bonchev–Trinajstić information content (AvgIpc) is 3.00. The summed E-state index contributed by atoms with van der Waals surface area (Å²) < 4.78 is 13.2. The molecule has 102 valence electrons. The van der Waals surface area contributed by atoms with Crippen LogP contribution in [0.5, 0.6) is 0 Å². The van der Waals surface area contributed by atoms with E-state index in [1.165, 1.54) is 30.7 Å². The molecule has 1 aliphatic heterocycles. The number of amides is 3. The van der Waals surface area contributed by atoms with Crippen LogP contribution in [-0.2, 0) is 4.79 Å². The monoisotopic (exact) mass is 275 g/mol. The summed E-state index contributed by atoms with van der Waals surface area (Å²) in [7, 11) is 0. The number of anilines is 2. The number of aromatic amines is 1. The summed E-state index contributed by atoms with van der Waals surface area (Å²) >= 11 is 0. The largest absolute Gasteiger partial charge is 0.331 e. The zero-order chi connectivity index (χ0) is 14.1. The summed E-state index contributed by atoms with van der Waals surface area (Å²) in [5.74, 6) is -0.494. The number of nitrogens with one attached hydrogen (secondary N) is 4. The first kappa shape index (κ1) is 12.2.